The molecule has 0 amide bonds. The molecule has 0 unspecified atom stereocenters. The van der Waals surface area contributed by atoms with Crippen LogP contribution in [-0.2, 0) is 12.6 Å². The van der Waals surface area contributed by atoms with Crippen molar-refractivity contribution >= 4 is 0 Å². The zero-order valence-corrected chi connectivity index (χ0v) is 7.64. The van der Waals surface area contributed by atoms with E-state index in [-0.39, 0.29) is 0 Å². The van der Waals surface area contributed by atoms with Gasteiger partial charge in [-0.1, -0.05) is 13.3 Å². The molecule has 1 aromatic rings. The fourth-order valence-corrected chi connectivity index (χ4v) is 1.05. The van der Waals surface area contributed by atoms with E-state index >= 15 is 0 Å². The normalized spacial score (nSPS) is 11.7. The predicted molar refractivity (Wildman–Crippen MR) is 47.5 cm³/mol. The Kier molecular flexibility index (Phi) is 3.49. The van der Waals surface area contributed by atoms with Crippen LogP contribution in [0.15, 0.2) is 18.3 Å². The summed E-state index contributed by atoms with van der Waals surface area (Å²) in [5.74, 6) is 0. The van der Waals surface area contributed by atoms with Crippen LogP contribution in [0.3, 0.4) is 0 Å². The highest BCUT2D eigenvalue weighted by molar-refractivity contribution is 5.16. The summed E-state index contributed by atoms with van der Waals surface area (Å²) in [5.41, 5.74) is -0.0162. The van der Waals surface area contributed by atoms with Gasteiger partial charge in [0.05, 0.1) is 5.56 Å². The number of rotatable bonds is 3. The van der Waals surface area contributed by atoms with E-state index in [0.29, 0.717) is 12.1 Å². The van der Waals surface area contributed by atoms with Gasteiger partial charge in [0.25, 0.3) is 0 Å². The van der Waals surface area contributed by atoms with Crippen LogP contribution in [0.4, 0.5) is 13.2 Å². The van der Waals surface area contributed by atoms with E-state index < -0.39 is 11.7 Å². The Morgan fingerprint density at radius 2 is 2.00 bits per heavy atom. The quantitative estimate of drug-likeness (QED) is 0.733. The lowest BCUT2D eigenvalue weighted by Gasteiger charge is -2.06. The lowest BCUT2D eigenvalue weighted by Crippen LogP contribution is -2.05. The van der Waals surface area contributed by atoms with E-state index in [0.717, 1.165) is 25.1 Å². The summed E-state index contributed by atoms with van der Waals surface area (Å²) >= 11 is 0. The van der Waals surface area contributed by atoms with Crippen LogP contribution in [-0.4, -0.2) is 4.98 Å². The molecule has 0 aliphatic heterocycles. The first kappa shape index (κ1) is 11.0. The topological polar surface area (TPSA) is 12.9 Å². The van der Waals surface area contributed by atoms with Gasteiger partial charge in [0, 0.05) is 11.9 Å². The molecule has 1 heterocycles. The second-order valence-corrected chi connectivity index (χ2v) is 2.99. The first-order valence-corrected chi connectivity index (χ1v) is 4.35. The molecule has 1 aromatic heterocycles. The second-order valence-electron chi connectivity index (χ2n) is 2.99. The van der Waals surface area contributed by atoms with Gasteiger partial charge in [-0.05, 0) is 25.0 Å². The summed E-state index contributed by atoms with van der Waals surface area (Å²) in [6, 6.07) is 2.48. The van der Waals surface area contributed by atoms with Gasteiger partial charge >= 0.3 is 6.18 Å². The molecular formula is C10H11F3N. The molecule has 4 heteroatoms. The van der Waals surface area contributed by atoms with Gasteiger partial charge < -0.3 is 0 Å². The van der Waals surface area contributed by atoms with Gasteiger partial charge in [0.15, 0.2) is 0 Å². The summed E-state index contributed by atoms with van der Waals surface area (Å²) < 4.78 is 36.4. The van der Waals surface area contributed by atoms with Crippen molar-refractivity contribution in [2.45, 2.75) is 25.4 Å². The lowest BCUT2D eigenvalue weighted by molar-refractivity contribution is -0.137. The van der Waals surface area contributed by atoms with Gasteiger partial charge in [-0.2, -0.15) is 13.2 Å². The molecule has 0 saturated carbocycles. The van der Waals surface area contributed by atoms with E-state index in [1.807, 2.05) is 0 Å². The van der Waals surface area contributed by atoms with Crippen molar-refractivity contribution in [3.63, 3.8) is 0 Å². The number of halogens is 3. The van der Waals surface area contributed by atoms with Gasteiger partial charge in [0.1, 0.15) is 0 Å². The molecule has 1 nitrogen and oxygen atoms in total. The highest BCUT2D eigenvalue weighted by Gasteiger charge is 2.30. The Labute approximate surface area is 81.0 Å². The molecule has 0 aliphatic carbocycles. The van der Waals surface area contributed by atoms with Gasteiger partial charge in [-0.3, -0.25) is 4.98 Å². The number of hydrogen-bond acceptors (Lipinski definition) is 1. The average molecular weight is 202 g/mol. The SMILES string of the molecule is [CH2]CCCc1ccc(C(F)(F)F)cn1. The van der Waals surface area contributed by atoms with Crippen LogP contribution >= 0.6 is 0 Å². The summed E-state index contributed by atoms with van der Waals surface area (Å²) in [5, 5.41) is 0. The van der Waals surface area contributed by atoms with Crippen LogP contribution in [0, 0.1) is 6.92 Å². The fourth-order valence-electron chi connectivity index (χ4n) is 1.05. The molecule has 0 saturated heterocycles. The van der Waals surface area contributed by atoms with Crippen molar-refractivity contribution < 1.29 is 13.2 Å². The van der Waals surface area contributed by atoms with Gasteiger partial charge in [-0.15, -0.1) is 0 Å². The Hall–Kier alpha value is -1.06. The van der Waals surface area contributed by atoms with Crippen molar-refractivity contribution in [3.8, 4) is 0 Å². The number of alkyl halides is 3. The van der Waals surface area contributed by atoms with Crippen molar-refractivity contribution in [1.29, 1.82) is 0 Å². The Morgan fingerprint density at radius 3 is 2.43 bits per heavy atom. The van der Waals surface area contributed by atoms with Crippen LogP contribution in [0.5, 0.6) is 0 Å². The van der Waals surface area contributed by atoms with Crippen molar-refractivity contribution in [2.75, 3.05) is 0 Å². The van der Waals surface area contributed by atoms with E-state index in [1.54, 1.807) is 0 Å². The van der Waals surface area contributed by atoms with Crippen LogP contribution in [0.1, 0.15) is 24.1 Å². The number of unbranched alkanes of at least 4 members (excludes halogenated alkanes) is 1. The first-order valence-electron chi connectivity index (χ1n) is 4.35. The zero-order chi connectivity index (χ0) is 10.6. The number of aryl methyl sites for hydroxylation is 1. The monoisotopic (exact) mass is 202 g/mol. The molecule has 0 fully saturated rings. The molecule has 0 aliphatic rings. The maximum Gasteiger partial charge on any atom is 0.417 e. The number of hydrogen-bond donors (Lipinski definition) is 0. The van der Waals surface area contributed by atoms with Crippen LogP contribution < -0.4 is 0 Å². The van der Waals surface area contributed by atoms with Crippen molar-refractivity contribution in [3.05, 3.63) is 36.5 Å². The summed E-state index contributed by atoms with van der Waals surface area (Å²) in [6.45, 7) is 3.65. The third kappa shape index (κ3) is 3.01. The minimum Gasteiger partial charge on any atom is -0.261 e. The van der Waals surface area contributed by atoms with Crippen molar-refractivity contribution in [2.24, 2.45) is 0 Å². The third-order valence-corrected chi connectivity index (χ3v) is 1.83. The molecule has 1 rings (SSSR count). The molecule has 1 radical (unpaired) electrons. The predicted octanol–water partition coefficient (Wildman–Crippen LogP) is 3.26. The molecule has 0 bridgehead atoms. The highest BCUT2D eigenvalue weighted by Crippen LogP contribution is 2.28. The van der Waals surface area contributed by atoms with E-state index in [1.165, 1.54) is 6.07 Å². The molecule has 0 spiro atoms. The van der Waals surface area contributed by atoms with E-state index in [2.05, 4.69) is 11.9 Å². The fraction of sp³-hybridized carbons (Fsp3) is 0.400. The summed E-state index contributed by atoms with van der Waals surface area (Å²) in [4.78, 5) is 3.73. The standard InChI is InChI=1S/C10H11F3N/c1-2-3-4-9-6-5-8(7-14-9)10(11,12)13/h5-7H,1-4H2. The molecule has 0 atom stereocenters. The number of pyridine rings is 1. The average Bonchev–Trinajstić information content (AvgIpc) is 2.14. The van der Waals surface area contributed by atoms with Crippen LogP contribution in [0.2, 0.25) is 0 Å². The molecule has 77 valence electrons. The smallest absolute Gasteiger partial charge is 0.261 e. The maximum absolute atomic E-state index is 12.1. The van der Waals surface area contributed by atoms with Gasteiger partial charge in [0.2, 0.25) is 0 Å². The molecular weight excluding hydrogens is 191 g/mol. The number of nitrogens with zero attached hydrogens (tertiary/aromatic N) is 1. The molecule has 0 aromatic carbocycles. The van der Waals surface area contributed by atoms with E-state index in [4.69, 9.17) is 0 Å². The lowest BCUT2D eigenvalue weighted by atomic mass is 10.1. The van der Waals surface area contributed by atoms with Crippen molar-refractivity contribution in [1.82, 2.24) is 4.98 Å². The first-order chi connectivity index (χ1) is 6.54. The molecule has 0 N–H and O–H groups in total. The zero-order valence-electron chi connectivity index (χ0n) is 7.64. The van der Waals surface area contributed by atoms with Crippen LogP contribution in [0.25, 0.3) is 0 Å². The largest absolute Gasteiger partial charge is 0.417 e. The second kappa shape index (κ2) is 4.44. The minimum absolute atomic E-state index is 0.682. The number of aromatic nitrogens is 1. The van der Waals surface area contributed by atoms with Gasteiger partial charge in [-0.25, -0.2) is 0 Å². The Morgan fingerprint density at radius 1 is 1.29 bits per heavy atom. The van der Waals surface area contributed by atoms with E-state index in [9.17, 15) is 13.2 Å². The third-order valence-electron chi connectivity index (χ3n) is 1.83. The summed E-state index contributed by atoms with van der Waals surface area (Å²) in [7, 11) is 0. The Bertz CT molecular complexity index is 276. The summed E-state index contributed by atoms with van der Waals surface area (Å²) in [6.07, 6.45) is -1.13. The maximum atomic E-state index is 12.1. The minimum atomic E-state index is -4.29. The molecule has 14 heavy (non-hydrogen) atoms. The Balaban J connectivity index is 2.69. The highest BCUT2D eigenvalue weighted by atomic mass is 19.4.